The first-order chi connectivity index (χ1) is 17.9. The number of aromatic amines is 1. The Labute approximate surface area is 217 Å². The van der Waals surface area contributed by atoms with E-state index in [9.17, 15) is 9.90 Å². The highest BCUT2D eigenvalue weighted by Gasteiger charge is 2.20. The predicted molar refractivity (Wildman–Crippen MR) is 149 cm³/mol. The summed E-state index contributed by atoms with van der Waals surface area (Å²) in [5.41, 5.74) is 11.3. The average molecular weight is 499 g/mol. The number of aliphatic imine (C=N–C) groups is 1. The zero-order chi connectivity index (χ0) is 26.4. The summed E-state index contributed by atoms with van der Waals surface area (Å²) in [6.07, 6.45) is 1.94. The number of H-pyrrole nitrogens is 1. The van der Waals surface area contributed by atoms with E-state index >= 15 is 0 Å². The molecule has 1 atom stereocenters. The van der Waals surface area contributed by atoms with Gasteiger partial charge < -0.3 is 25.5 Å². The van der Waals surface area contributed by atoms with E-state index in [2.05, 4.69) is 24.0 Å². The lowest BCUT2D eigenvalue weighted by atomic mass is 9.99. The van der Waals surface area contributed by atoms with Gasteiger partial charge in [0.2, 0.25) is 0 Å². The molecule has 0 spiro atoms. The predicted octanol–water partition coefficient (Wildman–Crippen LogP) is 5.56. The topological polar surface area (TPSA) is 104 Å². The molecular weight excluding hydrogens is 464 g/mol. The second kappa shape index (κ2) is 11.9. The third kappa shape index (κ3) is 6.25. The second-order valence-corrected chi connectivity index (χ2v) is 9.30. The lowest BCUT2D eigenvalue weighted by Gasteiger charge is -2.14. The molecule has 37 heavy (non-hydrogen) atoms. The maximum absolute atomic E-state index is 12.2. The molecule has 192 valence electrons. The average Bonchev–Trinajstić information content (AvgIpc) is 3.22. The number of rotatable bonds is 10. The summed E-state index contributed by atoms with van der Waals surface area (Å²) in [7, 11) is 4.13. The van der Waals surface area contributed by atoms with Crippen molar-refractivity contribution in [1.82, 2.24) is 9.88 Å². The molecule has 1 heterocycles. The zero-order valence-electron chi connectivity index (χ0n) is 21.6. The van der Waals surface area contributed by atoms with Crippen molar-refractivity contribution in [1.29, 1.82) is 0 Å². The van der Waals surface area contributed by atoms with Crippen molar-refractivity contribution < 1.29 is 14.6 Å². The van der Waals surface area contributed by atoms with Gasteiger partial charge in [-0.3, -0.25) is 0 Å². The van der Waals surface area contributed by atoms with Crippen molar-refractivity contribution in [3.63, 3.8) is 0 Å². The van der Waals surface area contributed by atoms with E-state index in [-0.39, 0.29) is 11.9 Å². The number of nitrogens with one attached hydrogen (secondary N) is 1. The molecule has 4 aromatic rings. The van der Waals surface area contributed by atoms with E-state index in [0.29, 0.717) is 29.0 Å². The molecule has 0 bridgehead atoms. The van der Waals surface area contributed by atoms with Crippen LogP contribution in [0.25, 0.3) is 10.9 Å². The first-order valence-corrected chi connectivity index (χ1v) is 12.5. The number of aromatic hydroxyl groups is 1. The van der Waals surface area contributed by atoms with Gasteiger partial charge in [-0.25, -0.2) is 9.79 Å². The van der Waals surface area contributed by atoms with E-state index in [1.807, 2.05) is 54.6 Å². The highest BCUT2D eigenvalue weighted by atomic mass is 16.5. The molecule has 0 radical (unpaired) electrons. The fourth-order valence-corrected chi connectivity index (χ4v) is 4.34. The lowest BCUT2D eigenvalue weighted by molar-refractivity contribution is 0.0526. The summed E-state index contributed by atoms with van der Waals surface area (Å²) in [4.78, 5) is 22.3. The van der Waals surface area contributed by atoms with E-state index in [1.165, 1.54) is 0 Å². The summed E-state index contributed by atoms with van der Waals surface area (Å²) >= 11 is 0. The number of aromatic nitrogens is 1. The Morgan fingerprint density at radius 3 is 2.46 bits per heavy atom. The zero-order valence-corrected chi connectivity index (χ0v) is 21.6. The van der Waals surface area contributed by atoms with Crippen molar-refractivity contribution in [2.75, 3.05) is 27.2 Å². The number of hydrogen-bond acceptors (Lipinski definition) is 6. The molecule has 7 nitrogen and oxygen atoms in total. The first kappa shape index (κ1) is 26.1. The molecular formula is C30H34N4O3. The Kier molecular flexibility index (Phi) is 8.38. The number of benzene rings is 3. The highest BCUT2D eigenvalue weighted by Crippen LogP contribution is 2.32. The third-order valence-electron chi connectivity index (χ3n) is 6.26. The molecule has 0 amide bonds. The van der Waals surface area contributed by atoms with E-state index < -0.39 is 5.97 Å². The van der Waals surface area contributed by atoms with E-state index in [0.717, 1.165) is 41.6 Å². The maximum Gasteiger partial charge on any atom is 0.338 e. The van der Waals surface area contributed by atoms with Gasteiger partial charge in [-0.05, 0) is 70.2 Å². The Hall–Kier alpha value is -3.94. The van der Waals surface area contributed by atoms with Gasteiger partial charge in [0.15, 0.2) is 5.88 Å². The number of carbonyl (C=O) groups excluding carboxylic acids is 1. The van der Waals surface area contributed by atoms with Crippen LogP contribution in [0.5, 0.6) is 5.88 Å². The largest absolute Gasteiger partial charge is 0.494 e. The summed E-state index contributed by atoms with van der Waals surface area (Å²) in [5, 5.41) is 11.7. The van der Waals surface area contributed by atoms with Crippen LogP contribution in [0.3, 0.4) is 0 Å². The molecule has 0 aliphatic heterocycles. The van der Waals surface area contributed by atoms with Crippen molar-refractivity contribution in [2.45, 2.75) is 25.8 Å². The highest BCUT2D eigenvalue weighted by molar-refractivity contribution is 6.22. The Morgan fingerprint density at radius 1 is 1.05 bits per heavy atom. The molecule has 0 saturated carbocycles. The van der Waals surface area contributed by atoms with Crippen molar-refractivity contribution >= 4 is 28.3 Å². The van der Waals surface area contributed by atoms with Gasteiger partial charge in [-0.2, -0.15) is 0 Å². The number of hydrogen-bond donors (Lipinski definition) is 3. The Morgan fingerprint density at radius 2 is 1.78 bits per heavy atom. The Balaban J connectivity index is 1.71. The standard InChI is InChI=1S/C30H34N4O3/c1-4-37-30(36)22-14-17-24-26(19-22)33-29(35)27(24)28(21-9-6-5-7-10-21)32-23-15-12-20(13-16-23)25(31)11-8-18-34(2)3/h5-7,9-10,12-17,19,25,33,35H,4,8,11,18,31H2,1-3H3. The molecule has 3 aromatic carbocycles. The van der Waals surface area contributed by atoms with Crippen LogP contribution in [0.15, 0.2) is 77.8 Å². The fraction of sp³-hybridized carbons (Fsp3) is 0.267. The van der Waals surface area contributed by atoms with Crippen LogP contribution in [-0.4, -0.2) is 53.9 Å². The van der Waals surface area contributed by atoms with Crippen LogP contribution in [0, 0.1) is 0 Å². The van der Waals surface area contributed by atoms with Crippen LogP contribution in [0.4, 0.5) is 5.69 Å². The molecule has 7 heteroatoms. The molecule has 1 aromatic heterocycles. The van der Waals surface area contributed by atoms with Crippen LogP contribution in [0.2, 0.25) is 0 Å². The van der Waals surface area contributed by atoms with Crippen molar-refractivity contribution in [3.05, 3.63) is 95.1 Å². The second-order valence-electron chi connectivity index (χ2n) is 9.30. The number of fused-ring (bicyclic) bond motifs is 1. The van der Waals surface area contributed by atoms with Crippen molar-refractivity contribution in [2.24, 2.45) is 10.7 Å². The summed E-state index contributed by atoms with van der Waals surface area (Å²) in [5.74, 6) is -0.421. The van der Waals surface area contributed by atoms with E-state index in [4.69, 9.17) is 15.5 Å². The molecule has 0 saturated heterocycles. The van der Waals surface area contributed by atoms with Gasteiger partial charge in [0.05, 0.1) is 29.1 Å². The third-order valence-corrected chi connectivity index (χ3v) is 6.26. The smallest absolute Gasteiger partial charge is 0.338 e. The van der Waals surface area contributed by atoms with Gasteiger partial charge in [-0.15, -0.1) is 0 Å². The molecule has 4 N–H and O–H groups in total. The molecule has 0 fully saturated rings. The van der Waals surface area contributed by atoms with Crippen molar-refractivity contribution in [3.8, 4) is 5.88 Å². The van der Waals surface area contributed by atoms with Gasteiger partial charge >= 0.3 is 5.97 Å². The van der Waals surface area contributed by atoms with Gasteiger partial charge in [0.1, 0.15) is 0 Å². The number of nitrogens with zero attached hydrogens (tertiary/aromatic N) is 2. The van der Waals surface area contributed by atoms with Crippen LogP contribution < -0.4 is 5.73 Å². The van der Waals surface area contributed by atoms with Gasteiger partial charge in [0, 0.05) is 22.5 Å². The Bertz CT molecular complexity index is 1380. The summed E-state index contributed by atoms with van der Waals surface area (Å²) in [6, 6.07) is 22.8. The minimum absolute atomic E-state index is 0.0156. The molecule has 1 unspecified atom stereocenters. The minimum Gasteiger partial charge on any atom is -0.494 e. The molecule has 0 aliphatic carbocycles. The van der Waals surface area contributed by atoms with Gasteiger partial charge in [0.25, 0.3) is 0 Å². The SMILES string of the molecule is CCOC(=O)c1ccc2c(C(=Nc3ccc(C(N)CCCN(C)C)cc3)c3ccccc3)c(O)[nH]c2c1. The lowest BCUT2D eigenvalue weighted by Crippen LogP contribution is -2.16. The number of esters is 1. The van der Waals surface area contributed by atoms with Crippen LogP contribution >= 0.6 is 0 Å². The molecule has 4 rings (SSSR count). The maximum atomic E-state index is 12.2. The summed E-state index contributed by atoms with van der Waals surface area (Å²) < 4.78 is 5.12. The van der Waals surface area contributed by atoms with Gasteiger partial charge in [-0.1, -0.05) is 48.5 Å². The van der Waals surface area contributed by atoms with E-state index in [1.54, 1.807) is 25.1 Å². The normalized spacial score (nSPS) is 12.7. The monoisotopic (exact) mass is 498 g/mol. The summed E-state index contributed by atoms with van der Waals surface area (Å²) in [6.45, 7) is 3.07. The van der Waals surface area contributed by atoms with Crippen LogP contribution in [0.1, 0.15) is 52.9 Å². The first-order valence-electron chi connectivity index (χ1n) is 12.5. The number of nitrogens with two attached hydrogens (primary N) is 1. The molecule has 0 aliphatic rings. The quantitative estimate of drug-likeness (QED) is 0.196. The minimum atomic E-state index is -0.406. The number of ether oxygens (including phenoxy) is 1. The fourth-order valence-electron chi connectivity index (χ4n) is 4.34. The van der Waals surface area contributed by atoms with Crippen LogP contribution in [-0.2, 0) is 4.74 Å². The number of carbonyl (C=O) groups is 1.